The molecule has 0 bridgehead atoms. The van der Waals surface area contributed by atoms with Gasteiger partial charge in [0.2, 0.25) is 0 Å². The van der Waals surface area contributed by atoms with E-state index in [-0.39, 0.29) is 5.54 Å². The number of nitrogens with two attached hydrogens (primary N) is 1. The Kier molecular flexibility index (Phi) is 2.52. The zero-order valence-electron chi connectivity index (χ0n) is 8.61. The number of aromatic nitrogens is 1. The van der Waals surface area contributed by atoms with Crippen molar-refractivity contribution in [2.75, 3.05) is 13.1 Å². The number of pyridine rings is 1. The lowest BCUT2D eigenvalue weighted by molar-refractivity contribution is 0.0606. The molecule has 0 radical (unpaired) electrons. The maximum Gasteiger partial charge on any atom is 0.0410 e. The molecule has 2 heterocycles. The second-order valence-corrected chi connectivity index (χ2v) is 4.22. The molecule has 1 aliphatic heterocycles. The summed E-state index contributed by atoms with van der Waals surface area (Å²) in [5, 5.41) is 0. The van der Waals surface area contributed by atoms with Gasteiger partial charge in [0.15, 0.2) is 0 Å². The van der Waals surface area contributed by atoms with Crippen molar-refractivity contribution in [3.63, 3.8) is 0 Å². The monoisotopic (exact) mass is 191 g/mol. The molecule has 1 saturated heterocycles. The van der Waals surface area contributed by atoms with E-state index in [4.69, 9.17) is 5.73 Å². The Balaban J connectivity index is 1.85. The highest BCUT2D eigenvalue weighted by molar-refractivity contribution is 5.10. The fourth-order valence-corrected chi connectivity index (χ4v) is 1.93. The van der Waals surface area contributed by atoms with E-state index in [0.29, 0.717) is 0 Å². The first-order valence-corrected chi connectivity index (χ1v) is 5.12. The van der Waals surface area contributed by atoms with Crippen LogP contribution < -0.4 is 5.73 Å². The topological polar surface area (TPSA) is 42.1 Å². The molecule has 1 aromatic rings. The Labute approximate surface area is 84.9 Å². The summed E-state index contributed by atoms with van der Waals surface area (Å²) in [6.45, 7) is 5.16. The van der Waals surface area contributed by atoms with Crippen molar-refractivity contribution in [2.45, 2.75) is 25.4 Å². The molecule has 0 spiro atoms. The third-order valence-corrected chi connectivity index (χ3v) is 2.91. The Bertz CT molecular complexity index is 291. The molecule has 0 aromatic carbocycles. The fourth-order valence-electron chi connectivity index (χ4n) is 1.93. The lowest BCUT2D eigenvalue weighted by Gasteiger charge is -2.47. The number of likely N-dealkylation sites (tertiary alicyclic amines) is 1. The average molecular weight is 191 g/mol. The van der Waals surface area contributed by atoms with E-state index in [1.54, 1.807) is 6.20 Å². The molecule has 1 aliphatic rings. The van der Waals surface area contributed by atoms with Crippen LogP contribution in [-0.2, 0) is 6.54 Å². The standard InChI is InChI=1S/C11H17N3/c1-2-11(12)8-14(9-11)7-10-4-3-5-13-6-10/h3-6H,2,7-9,12H2,1H3. The summed E-state index contributed by atoms with van der Waals surface area (Å²) >= 11 is 0. The van der Waals surface area contributed by atoms with Gasteiger partial charge in [0.1, 0.15) is 0 Å². The van der Waals surface area contributed by atoms with Gasteiger partial charge in [-0.1, -0.05) is 13.0 Å². The van der Waals surface area contributed by atoms with E-state index in [1.165, 1.54) is 5.56 Å². The molecule has 14 heavy (non-hydrogen) atoms. The van der Waals surface area contributed by atoms with Crippen LogP contribution in [0.5, 0.6) is 0 Å². The maximum atomic E-state index is 6.09. The fraction of sp³-hybridized carbons (Fsp3) is 0.545. The predicted molar refractivity (Wildman–Crippen MR) is 56.7 cm³/mol. The zero-order valence-corrected chi connectivity index (χ0v) is 8.61. The van der Waals surface area contributed by atoms with Crippen LogP contribution in [0.1, 0.15) is 18.9 Å². The van der Waals surface area contributed by atoms with E-state index in [9.17, 15) is 0 Å². The van der Waals surface area contributed by atoms with Gasteiger partial charge < -0.3 is 5.73 Å². The lowest BCUT2D eigenvalue weighted by atomic mass is 9.88. The van der Waals surface area contributed by atoms with Crippen molar-refractivity contribution < 1.29 is 0 Å². The van der Waals surface area contributed by atoms with E-state index in [1.807, 2.05) is 12.3 Å². The third kappa shape index (κ3) is 1.94. The number of rotatable bonds is 3. The molecule has 1 fully saturated rings. The molecule has 0 amide bonds. The van der Waals surface area contributed by atoms with Crippen molar-refractivity contribution in [3.8, 4) is 0 Å². The summed E-state index contributed by atoms with van der Waals surface area (Å²) in [4.78, 5) is 6.46. The Morgan fingerprint density at radius 1 is 1.57 bits per heavy atom. The van der Waals surface area contributed by atoms with Crippen molar-refractivity contribution in [1.29, 1.82) is 0 Å². The van der Waals surface area contributed by atoms with Gasteiger partial charge in [0, 0.05) is 37.6 Å². The Hall–Kier alpha value is -0.930. The maximum absolute atomic E-state index is 6.09. The van der Waals surface area contributed by atoms with Crippen LogP contribution in [0.3, 0.4) is 0 Å². The van der Waals surface area contributed by atoms with Gasteiger partial charge in [-0.3, -0.25) is 9.88 Å². The van der Waals surface area contributed by atoms with Gasteiger partial charge >= 0.3 is 0 Å². The predicted octanol–water partition coefficient (Wildman–Crippen LogP) is 1.00. The number of nitrogens with zero attached hydrogens (tertiary/aromatic N) is 2. The van der Waals surface area contributed by atoms with Gasteiger partial charge in [0.25, 0.3) is 0 Å². The van der Waals surface area contributed by atoms with Crippen LogP contribution >= 0.6 is 0 Å². The van der Waals surface area contributed by atoms with Crippen LogP contribution in [0, 0.1) is 0 Å². The minimum Gasteiger partial charge on any atom is -0.323 e. The van der Waals surface area contributed by atoms with Gasteiger partial charge in [-0.25, -0.2) is 0 Å². The highest BCUT2D eigenvalue weighted by atomic mass is 15.2. The van der Waals surface area contributed by atoms with Crippen LogP contribution in [0.25, 0.3) is 0 Å². The van der Waals surface area contributed by atoms with Crippen molar-refractivity contribution >= 4 is 0 Å². The SMILES string of the molecule is CCC1(N)CN(Cc2cccnc2)C1. The lowest BCUT2D eigenvalue weighted by Crippen LogP contribution is -2.66. The molecule has 3 heteroatoms. The first-order valence-electron chi connectivity index (χ1n) is 5.12. The second kappa shape index (κ2) is 3.67. The van der Waals surface area contributed by atoms with E-state index in [0.717, 1.165) is 26.1 Å². The summed E-state index contributed by atoms with van der Waals surface area (Å²) in [6, 6.07) is 4.08. The first kappa shape index (κ1) is 9.62. The number of hydrogen-bond donors (Lipinski definition) is 1. The van der Waals surface area contributed by atoms with Gasteiger partial charge in [-0.15, -0.1) is 0 Å². The smallest absolute Gasteiger partial charge is 0.0410 e. The van der Waals surface area contributed by atoms with Gasteiger partial charge in [-0.05, 0) is 18.1 Å². The Morgan fingerprint density at radius 3 is 2.93 bits per heavy atom. The van der Waals surface area contributed by atoms with Gasteiger partial charge in [0.05, 0.1) is 0 Å². The normalized spacial score (nSPS) is 20.4. The highest BCUT2D eigenvalue weighted by Gasteiger charge is 2.37. The largest absolute Gasteiger partial charge is 0.323 e. The van der Waals surface area contributed by atoms with Crippen molar-refractivity contribution in [2.24, 2.45) is 5.73 Å². The molecule has 0 atom stereocenters. The molecular formula is C11H17N3. The van der Waals surface area contributed by atoms with Crippen LogP contribution in [0.4, 0.5) is 0 Å². The van der Waals surface area contributed by atoms with Gasteiger partial charge in [-0.2, -0.15) is 0 Å². The molecule has 3 nitrogen and oxygen atoms in total. The molecule has 1 aromatic heterocycles. The molecular weight excluding hydrogens is 174 g/mol. The molecule has 0 unspecified atom stereocenters. The molecule has 0 aliphatic carbocycles. The van der Waals surface area contributed by atoms with Crippen molar-refractivity contribution in [1.82, 2.24) is 9.88 Å². The average Bonchev–Trinajstić information content (AvgIpc) is 2.17. The van der Waals surface area contributed by atoms with Crippen LogP contribution in [0.15, 0.2) is 24.5 Å². The molecule has 2 rings (SSSR count). The molecule has 0 saturated carbocycles. The summed E-state index contributed by atoms with van der Waals surface area (Å²) in [5.74, 6) is 0. The summed E-state index contributed by atoms with van der Waals surface area (Å²) < 4.78 is 0. The summed E-state index contributed by atoms with van der Waals surface area (Å²) in [5.41, 5.74) is 7.43. The quantitative estimate of drug-likeness (QED) is 0.775. The Morgan fingerprint density at radius 2 is 2.36 bits per heavy atom. The van der Waals surface area contributed by atoms with Crippen LogP contribution in [0.2, 0.25) is 0 Å². The zero-order chi connectivity index (χ0) is 10.0. The third-order valence-electron chi connectivity index (χ3n) is 2.91. The first-order chi connectivity index (χ1) is 6.72. The molecule has 76 valence electrons. The van der Waals surface area contributed by atoms with E-state index >= 15 is 0 Å². The minimum absolute atomic E-state index is 0.0716. The van der Waals surface area contributed by atoms with E-state index < -0.39 is 0 Å². The van der Waals surface area contributed by atoms with Crippen molar-refractivity contribution in [3.05, 3.63) is 30.1 Å². The highest BCUT2D eigenvalue weighted by Crippen LogP contribution is 2.22. The minimum atomic E-state index is 0.0716. The second-order valence-electron chi connectivity index (χ2n) is 4.22. The number of hydrogen-bond acceptors (Lipinski definition) is 3. The van der Waals surface area contributed by atoms with Crippen LogP contribution in [-0.4, -0.2) is 28.5 Å². The summed E-state index contributed by atoms with van der Waals surface area (Å²) in [6.07, 6.45) is 4.79. The molecule has 2 N–H and O–H groups in total. The summed E-state index contributed by atoms with van der Waals surface area (Å²) in [7, 11) is 0. The van der Waals surface area contributed by atoms with E-state index in [2.05, 4.69) is 22.9 Å².